The van der Waals surface area contributed by atoms with Gasteiger partial charge in [-0.15, -0.1) is 0 Å². The quantitative estimate of drug-likeness (QED) is 0.398. The second-order valence-corrected chi connectivity index (χ2v) is 3.80. The second kappa shape index (κ2) is 6.22. The highest BCUT2D eigenvalue weighted by atomic mass is 16.5. The first kappa shape index (κ1) is 13.5. The topological polar surface area (TPSA) is 90.4 Å². The standard InChI is InChI=1S/C12H19N3O2/c1-3-8-6-9(4-5-11(8)17-2)10(13)7-12(16)15-14/h4-6,10H,3,7,13-14H2,1-2H3,(H,15,16). The van der Waals surface area contributed by atoms with E-state index in [2.05, 4.69) is 5.43 Å². The zero-order valence-electron chi connectivity index (χ0n) is 10.2. The molecule has 5 N–H and O–H groups in total. The molecule has 94 valence electrons. The number of ether oxygens (including phenoxy) is 1. The van der Waals surface area contributed by atoms with Crippen LogP contribution in [0.1, 0.15) is 30.5 Å². The molecule has 0 aromatic heterocycles. The number of carbonyl (C=O) groups excluding carboxylic acids is 1. The molecule has 1 amide bonds. The van der Waals surface area contributed by atoms with Crippen LogP contribution in [-0.4, -0.2) is 13.0 Å². The number of nitrogens with one attached hydrogen (secondary N) is 1. The summed E-state index contributed by atoms with van der Waals surface area (Å²) in [6, 6.07) is 5.35. The lowest BCUT2D eigenvalue weighted by atomic mass is 10.00. The lowest BCUT2D eigenvalue weighted by molar-refractivity contribution is -0.121. The van der Waals surface area contributed by atoms with E-state index in [4.69, 9.17) is 16.3 Å². The minimum Gasteiger partial charge on any atom is -0.496 e. The van der Waals surface area contributed by atoms with Gasteiger partial charge in [-0.3, -0.25) is 10.2 Å². The van der Waals surface area contributed by atoms with Gasteiger partial charge in [-0.2, -0.15) is 0 Å². The van der Waals surface area contributed by atoms with Crippen LogP contribution in [0.5, 0.6) is 5.75 Å². The largest absolute Gasteiger partial charge is 0.496 e. The van der Waals surface area contributed by atoms with Crippen LogP contribution in [0.15, 0.2) is 18.2 Å². The maximum atomic E-state index is 11.1. The number of benzene rings is 1. The predicted molar refractivity (Wildman–Crippen MR) is 66.2 cm³/mol. The third-order valence-electron chi connectivity index (χ3n) is 2.68. The van der Waals surface area contributed by atoms with Crippen molar-refractivity contribution < 1.29 is 9.53 Å². The number of hydrogen-bond acceptors (Lipinski definition) is 4. The van der Waals surface area contributed by atoms with Crippen LogP contribution < -0.4 is 21.7 Å². The normalized spacial score (nSPS) is 12.0. The van der Waals surface area contributed by atoms with Gasteiger partial charge in [0.1, 0.15) is 5.75 Å². The highest BCUT2D eigenvalue weighted by molar-refractivity contribution is 5.76. The molecule has 17 heavy (non-hydrogen) atoms. The third kappa shape index (κ3) is 3.44. The predicted octanol–water partition coefficient (Wildman–Crippen LogP) is 0.637. The molecule has 0 aliphatic heterocycles. The molecule has 1 aromatic rings. The molecular formula is C12H19N3O2. The molecule has 0 aliphatic carbocycles. The van der Waals surface area contributed by atoms with Crippen LogP contribution in [0.2, 0.25) is 0 Å². The molecule has 0 aliphatic rings. The first-order chi connectivity index (χ1) is 8.12. The number of carbonyl (C=O) groups is 1. The van der Waals surface area contributed by atoms with Crippen LogP contribution in [0.3, 0.4) is 0 Å². The van der Waals surface area contributed by atoms with Crippen molar-refractivity contribution >= 4 is 5.91 Å². The zero-order valence-corrected chi connectivity index (χ0v) is 10.2. The number of hydrazine groups is 1. The fourth-order valence-corrected chi connectivity index (χ4v) is 1.68. The summed E-state index contributed by atoms with van der Waals surface area (Å²) in [5, 5.41) is 0. The molecule has 0 radical (unpaired) electrons. The van der Waals surface area contributed by atoms with Gasteiger partial charge >= 0.3 is 0 Å². The van der Waals surface area contributed by atoms with Crippen molar-refractivity contribution in [2.75, 3.05) is 7.11 Å². The van der Waals surface area contributed by atoms with Crippen LogP contribution in [0.25, 0.3) is 0 Å². The van der Waals surface area contributed by atoms with Gasteiger partial charge in [-0.05, 0) is 23.6 Å². The van der Waals surface area contributed by atoms with E-state index in [0.717, 1.165) is 23.3 Å². The average molecular weight is 237 g/mol. The lowest BCUT2D eigenvalue weighted by Gasteiger charge is -2.14. The molecule has 0 saturated heterocycles. The second-order valence-electron chi connectivity index (χ2n) is 3.80. The summed E-state index contributed by atoms with van der Waals surface area (Å²) in [5.41, 5.74) is 9.99. The van der Waals surface area contributed by atoms with Crippen LogP contribution in [-0.2, 0) is 11.2 Å². The third-order valence-corrected chi connectivity index (χ3v) is 2.68. The summed E-state index contributed by atoms with van der Waals surface area (Å²) in [7, 11) is 1.63. The van der Waals surface area contributed by atoms with Gasteiger partial charge in [-0.1, -0.05) is 19.1 Å². The summed E-state index contributed by atoms with van der Waals surface area (Å²) in [6.45, 7) is 2.04. The van der Waals surface area contributed by atoms with E-state index in [9.17, 15) is 4.79 Å². The van der Waals surface area contributed by atoms with Crippen LogP contribution in [0.4, 0.5) is 0 Å². The number of amides is 1. The molecule has 1 rings (SSSR count). The lowest BCUT2D eigenvalue weighted by Crippen LogP contribution is -2.32. The Bertz CT molecular complexity index is 393. The Balaban J connectivity index is 2.87. The van der Waals surface area contributed by atoms with E-state index < -0.39 is 0 Å². The van der Waals surface area contributed by atoms with Crippen molar-refractivity contribution in [2.45, 2.75) is 25.8 Å². The highest BCUT2D eigenvalue weighted by Crippen LogP contribution is 2.24. The molecule has 1 atom stereocenters. The van der Waals surface area contributed by atoms with Crippen molar-refractivity contribution in [2.24, 2.45) is 11.6 Å². The van der Waals surface area contributed by atoms with Gasteiger partial charge in [0, 0.05) is 12.5 Å². The fraction of sp³-hybridized carbons (Fsp3) is 0.417. The van der Waals surface area contributed by atoms with Crippen molar-refractivity contribution in [1.82, 2.24) is 5.43 Å². The SMILES string of the molecule is CCc1cc(C(N)CC(=O)NN)ccc1OC. The molecule has 0 bridgehead atoms. The highest BCUT2D eigenvalue weighted by Gasteiger charge is 2.12. The van der Waals surface area contributed by atoms with Gasteiger partial charge < -0.3 is 10.5 Å². The van der Waals surface area contributed by atoms with Gasteiger partial charge in [0.2, 0.25) is 5.91 Å². The molecule has 0 fully saturated rings. The number of aryl methyl sites for hydroxylation is 1. The number of nitrogens with two attached hydrogens (primary N) is 2. The molecule has 0 heterocycles. The zero-order chi connectivity index (χ0) is 12.8. The maximum absolute atomic E-state index is 11.1. The molecule has 0 saturated carbocycles. The first-order valence-corrected chi connectivity index (χ1v) is 5.54. The maximum Gasteiger partial charge on any atom is 0.235 e. The Kier molecular flexibility index (Phi) is 4.93. The Hall–Kier alpha value is -1.59. The molecule has 0 spiro atoms. The number of rotatable bonds is 5. The summed E-state index contributed by atoms with van der Waals surface area (Å²) < 4.78 is 5.23. The Morgan fingerprint density at radius 2 is 2.24 bits per heavy atom. The van der Waals surface area contributed by atoms with Crippen molar-refractivity contribution in [1.29, 1.82) is 0 Å². The number of hydrogen-bond donors (Lipinski definition) is 3. The molecule has 1 unspecified atom stereocenters. The monoisotopic (exact) mass is 237 g/mol. The van der Waals surface area contributed by atoms with E-state index in [1.807, 2.05) is 25.1 Å². The molecule has 5 heteroatoms. The molecule has 1 aromatic carbocycles. The minimum absolute atomic E-state index is 0.173. The fourth-order valence-electron chi connectivity index (χ4n) is 1.68. The Labute approximate surface area is 101 Å². The van der Waals surface area contributed by atoms with E-state index in [-0.39, 0.29) is 18.4 Å². The van der Waals surface area contributed by atoms with E-state index in [1.165, 1.54) is 0 Å². The van der Waals surface area contributed by atoms with Gasteiger partial charge in [0.15, 0.2) is 0 Å². The van der Waals surface area contributed by atoms with Crippen LogP contribution >= 0.6 is 0 Å². The smallest absolute Gasteiger partial charge is 0.235 e. The Morgan fingerprint density at radius 1 is 1.53 bits per heavy atom. The first-order valence-electron chi connectivity index (χ1n) is 5.54. The number of methoxy groups -OCH3 is 1. The minimum atomic E-state index is -0.352. The van der Waals surface area contributed by atoms with E-state index in [0.29, 0.717) is 0 Å². The summed E-state index contributed by atoms with van der Waals surface area (Å²) in [4.78, 5) is 11.1. The summed E-state index contributed by atoms with van der Waals surface area (Å²) in [5.74, 6) is 5.59. The molecular weight excluding hydrogens is 218 g/mol. The van der Waals surface area contributed by atoms with Gasteiger partial charge in [0.25, 0.3) is 0 Å². The van der Waals surface area contributed by atoms with Gasteiger partial charge in [0.05, 0.1) is 7.11 Å². The van der Waals surface area contributed by atoms with Crippen molar-refractivity contribution in [3.63, 3.8) is 0 Å². The average Bonchev–Trinajstić information content (AvgIpc) is 2.37. The summed E-state index contributed by atoms with van der Waals surface area (Å²) >= 11 is 0. The Morgan fingerprint density at radius 3 is 2.76 bits per heavy atom. The van der Waals surface area contributed by atoms with Crippen molar-refractivity contribution in [3.05, 3.63) is 29.3 Å². The summed E-state index contributed by atoms with van der Waals surface area (Å²) in [6.07, 6.45) is 1.03. The van der Waals surface area contributed by atoms with Crippen LogP contribution in [0, 0.1) is 0 Å². The van der Waals surface area contributed by atoms with Gasteiger partial charge in [-0.25, -0.2) is 5.84 Å². The van der Waals surface area contributed by atoms with E-state index in [1.54, 1.807) is 7.11 Å². The molecule has 5 nitrogen and oxygen atoms in total. The van der Waals surface area contributed by atoms with Crippen molar-refractivity contribution in [3.8, 4) is 5.75 Å². The van der Waals surface area contributed by atoms with E-state index >= 15 is 0 Å².